The predicted octanol–water partition coefficient (Wildman–Crippen LogP) is 6.69. The second kappa shape index (κ2) is 8.61. The van der Waals surface area contributed by atoms with Crippen LogP contribution in [0.4, 0.5) is 0 Å². The van der Waals surface area contributed by atoms with E-state index >= 15 is 0 Å². The van der Waals surface area contributed by atoms with E-state index in [9.17, 15) is 4.79 Å². The fourth-order valence-electron chi connectivity index (χ4n) is 3.32. The summed E-state index contributed by atoms with van der Waals surface area (Å²) < 4.78 is 5.40. The van der Waals surface area contributed by atoms with E-state index in [1.54, 1.807) is 30.0 Å². The summed E-state index contributed by atoms with van der Waals surface area (Å²) in [5, 5.41) is 2.24. The van der Waals surface area contributed by atoms with Crippen LogP contribution in [0, 0.1) is 6.92 Å². The van der Waals surface area contributed by atoms with Crippen molar-refractivity contribution in [2.45, 2.75) is 16.8 Å². The highest BCUT2D eigenvalue weighted by atomic mass is 35.5. The molecule has 0 fully saturated rings. The number of aryl methyl sites for hydroxylation is 1. The standard InChI is InChI=1S/C26H17ClN2O2S/c1-16-10-12-19(13-11-16)32-25-18(14-17-6-2-5-9-22(17)29-25)15-23-26(30)31-24(28-23)20-7-3-4-8-21(20)27/h2-15H,1H3. The third kappa shape index (κ3) is 4.17. The van der Waals surface area contributed by atoms with Gasteiger partial charge in [0.1, 0.15) is 5.03 Å². The van der Waals surface area contributed by atoms with Crippen LogP contribution in [0.3, 0.4) is 0 Å². The maximum atomic E-state index is 12.6. The molecule has 6 heteroatoms. The molecular weight excluding hydrogens is 440 g/mol. The molecular formula is C26H17ClN2O2S. The molecule has 2 heterocycles. The van der Waals surface area contributed by atoms with Crippen molar-refractivity contribution in [1.82, 2.24) is 4.98 Å². The molecule has 1 aliphatic heterocycles. The quantitative estimate of drug-likeness (QED) is 0.253. The Hall–Kier alpha value is -3.41. The number of para-hydroxylation sites is 1. The van der Waals surface area contributed by atoms with Crippen LogP contribution in [-0.2, 0) is 9.53 Å². The third-order valence-electron chi connectivity index (χ3n) is 4.97. The van der Waals surface area contributed by atoms with Crippen molar-refractivity contribution in [1.29, 1.82) is 0 Å². The largest absolute Gasteiger partial charge is 0.402 e. The van der Waals surface area contributed by atoms with Gasteiger partial charge in [0.05, 0.1) is 16.1 Å². The Kier molecular flexibility index (Phi) is 5.52. The Bertz CT molecular complexity index is 1410. The van der Waals surface area contributed by atoms with E-state index in [4.69, 9.17) is 21.3 Å². The number of aromatic nitrogens is 1. The number of nitrogens with zero attached hydrogens (tertiary/aromatic N) is 2. The highest BCUT2D eigenvalue weighted by Gasteiger charge is 2.26. The summed E-state index contributed by atoms with van der Waals surface area (Å²) >= 11 is 7.79. The maximum Gasteiger partial charge on any atom is 0.363 e. The minimum absolute atomic E-state index is 0.202. The highest BCUT2D eigenvalue weighted by Crippen LogP contribution is 2.33. The molecule has 0 unspecified atom stereocenters. The fraction of sp³-hybridized carbons (Fsp3) is 0.0385. The number of rotatable bonds is 4. The number of cyclic esters (lactones) is 1. The smallest absolute Gasteiger partial charge is 0.363 e. The average Bonchev–Trinajstić information content (AvgIpc) is 3.16. The number of esters is 1. The van der Waals surface area contributed by atoms with Crippen LogP contribution in [0.25, 0.3) is 17.0 Å². The zero-order valence-corrected chi connectivity index (χ0v) is 18.7. The van der Waals surface area contributed by atoms with Crippen molar-refractivity contribution < 1.29 is 9.53 Å². The Morgan fingerprint density at radius 2 is 1.72 bits per heavy atom. The van der Waals surface area contributed by atoms with E-state index in [-0.39, 0.29) is 11.6 Å². The van der Waals surface area contributed by atoms with Gasteiger partial charge in [-0.25, -0.2) is 14.8 Å². The fourth-order valence-corrected chi connectivity index (χ4v) is 4.42. The molecule has 0 atom stereocenters. The second-order valence-electron chi connectivity index (χ2n) is 7.31. The van der Waals surface area contributed by atoms with E-state index in [0.29, 0.717) is 10.6 Å². The van der Waals surface area contributed by atoms with Crippen molar-refractivity contribution in [2.24, 2.45) is 4.99 Å². The van der Waals surface area contributed by atoms with Gasteiger partial charge in [-0.1, -0.05) is 71.4 Å². The third-order valence-corrected chi connectivity index (χ3v) is 6.33. The molecule has 0 saturated carbocycles. The maximum absolute atomic E-state index is 12.6. The van der Waals surface area contributed by atoms with Crippen LogP contribution in [0.2, 0.25) is 5.02 Å². The number of fused-ring (bicyclic) bond motifs is 1. The van der Waals surface area contributed by atoms with Crippen molar-refractivity contribution in [3.8, 4) is 0 Å². The first-order chi connectivity index (χ1) is 15.6. The molecule has 1 aromatic heterocycles. The minimum atomic E-state index is -0.514. The van der Waals surface area contributed by atoms with E-state index in [1.165, 1.54) is 5.56 Å². The molecule has 0 saturated heterocycles. The van der Waals surface area contributed by atoms with Crippen molar-refractivity contribution >= 4 is 52.2 Å². The molecule has 0 aliphatic carbocycles. The number of benzene rings is 3. The average molecular weight is 457 g/mol. The summed E-state index contributed by atoms with van der Waals surface area (Å²) in [6.07, 6.45) is 1.72. The molecule has 0 N–H and O–H groups in total. The molecule has 0 bridgehead atoms. The van der Waals surface area contributed by atoms with Crippen LogP contribution in [-0.4, -0.2) is 16.9 Å². The molecule has 0 amide bonds. The second-order valence-corrected chi connectivity index (χ2v) is 8.78. The van der Waals surface area contributed by atoms with Gasteiger partial charge in [0.25, 0.3) is 0 Å². The van der Waals surface area contributed by atoms with Gasteiger partial charge in [0, 0.05) is 15.8 Å². The Morgan fingerprint density at radius 3 is 2.53 bits per heavy atom. The van der Waals surface area contributed by atoms with Crippen molar-refractivity contribution in [3.05, 3.63) is 106 Å². The van der Waals surface area contributed by atoms with Crippen LogP contribution >= 0.6 is 23.4 Å². The summed E-state index contributed by atoms with van der Waals surface area (Å²) in [4.78, 5) is 22.9. The highest BCUT2D eigenvalue weighted by molar-refractivity contribution is 7.99. The lowest BCUT2D eigenvalue weighted by molar-refractivity contribution is -0.129. The molecule has 5 rings (SSSR count). The van der Waals surface area contributed by atoms with E-state index in [0.717, 1.165) is 26.4 Å². The summed E-state index contributed by atoms with van der Waals surface area (Å²) in [5.74, 6) is -0.312. The van der Waals surface area contributed by atoms with E-state index in [1.807, 2.05) is 42.5 Å². The number of hydrogen-bond acceptors (Lipinski definition) is 5. The van der Waals surface area contributed by atoms with Crippen molar-refractivity contribution in [2.75, 3.05) is 0 Å². The van der Waals surface area contributed by atoms with Crippen LogP contribution < -0.4 is 0 Å². The molecule has 0 spiro atoms. The zero-order chi connectivity index (χ0) is 22.1. The normalized spacial score (nSPS) is 14.6. The van der Waals surface area contributed by atoms with Gasteiger partial charge >= 0.3 is 5.97 Å². The number of halogens is 1. The van der Waals surface area contributed by atoms with Crippen LogP contribution in [0.15, 0.2) is 99.5 Å². The Balaban J connectivity index is 1.59. The molecule has 156 valence electrons. The number of pyridine rings is 1. The first-order valence-corrected chi connectivity index (χ1v) is 11.2. The topological polar surface area (TPSA) is 51.6 Å². The monoisotopic (exact) mass is 456 g/mol. The molecule has 0 radical (unpaired) electrons. The predicted molar refractivity (Wildman–Crippen MR) is 129 cm³/mol. The number of hydrogen-bond donors (Lipinski definition) is 0. The lowest BCUT2D eigenvalue weighted by atomic mass is 10.1. The van der Waals surface area contributed by atoms with Gasteiger partial charge in [-0.05, 0) is 49.4 Å². The van der Waals surface area contributed by atoms with Gasteiger partial charge in [-0.3, -0.25) is 0 Å². The summed E-state index contributed by atoms with van der Waals surface area (Å²) in [6.45, 7) is 2.05. The van der Waals surface area contributed by atoms with Crippen LogP contribution in [0.1, 0.15) is 16.7 Å². The lowest BCUT2D eigenvalue weighted by Gasteiger charge is -2.08. The van der Waals surface area contributed by atoms with Gasteiger partial charge in [0.2, 0.25) is 5.90 Å². The molecule has 32 heavy (non-hydrogen) atoms. The Morgan fingerprint density at radius 1 is 0.969 bits per heavy atom. The first kappa shape index (κ1) is 20.5. The van der Waals surface area contributed by atoms with Gasteiger partial charge < -0.3 is 4.74 Å². The van der Waals surface area contributed by atoms with Crippen molar-refractivity contribution in [3.63, 3.8) is 0 Å². The number of ether oxygens (including phenoxy) is 1. The van der Waals surface area contributed by atoms with E-state index in [2.05, 4.69) is 36.2 Å². The van der Waals surface area contributed by atoms with Gasteiger partial charge in [0.15, 0.2) is 5.70 Å². The van der Waals surface area contributed by atoms with Crippen LogP contribution in [0.5, 0.6) is 0 Å². The zero-order valence-electron chi connectivity index (χ0n) is 17.1. The van der Waals surface area contributed by atoms with E-state index < -0.39 is 5.97 Å². The molecule has 3 aromatic carbocycles. The molecule has 4 aromatic rings. The lowest BCUT2D eigenvalue weighted by Crippen LogP contribution is -2.05. The summed E-state index contributed by atoms with van der Waals surface area (Å²) in [5.41, 5.74) is 3.67. The van der Waals surface area contributed by atoms with Gasteiger partial charge in [-0.15, -0.1) is 0 Å². The number of carbonyl (C=O) groups excluding carboxylic acids is 1. The minimum Gasteiger partial charge on any atom is -0.402 e. The molecule has 4 nitrogen and oxygen atoms in total. The first-order valence-electron chi connectivity index (χ1n) is 9.98. The number of carbonyl (C=O) groups is 1. The SMILES string of the molecule is Cc1ccc(Sc2nc3ccccc3cc2C=C2N=C(c3ccccc3Cl)OC2=O)cc1. The Labute approximate surface area is 194 Å². The van der Waals surface area contributed by atoms with Gasteiger partial charge in [-0.2, -0.15) is 0 Å². The summed E-state index contributed by atoms with van der Waals surface area (Å²) in [6, 6.07) is 25.3. The molecule has 1 aliphatic rings. The summed E-state index contributed by atoms with van der Waals surface area (Å²) in [7, 11) is 0. The number of aliphatic imine (C=N–C) groups is 1.